The maximum atomic E-state index is 13.1. The smallest absolute Gasteiger partial charge is 0.274 e. The van der Waals surface area contributed by atoms with E-state index >= 15 is 0 Å². The van der Waals surface area contributed by atoms with Crippen molar-refractivity contribution in [2.75, 3.05) is 24.5 Å². The Morgan fingerprint density at radius 1 is 1.23 bits per heavy atom. The normalized spacial score (nSPS) is 11.4. The first-order valence-corrected chi connectivity index (χ1v) is 10.6. The van der Waals surface area contributed by atoms with E-state index in [2.05, 4.69) is 19.2 Å². The predicted octanol–water partition coefficient (Wildman–Crippen LogP) is 3.11. The number of anilines is 1. The number of hydrogen-bond donors (Lipinski definition) is 1. The molecule has 0 aliphatic rings. The molecule has 0 radical (unpaired) electrons. The average Bonchev–Trinajstić information content (AvgIpc) is 3.14. The predicted molar refractivity (Wildman–Crippen MR) is 104 cm³/mol. The fraction of sp³-hybridized carbons (Fsp3) is 0.389. The number of benzene rings is 1. The molecule has 1 heterocycles. The summed E-state index contributed by atoms with van der Waals surface area (Å²) in [5.41, 5.74) is 0.336. The Morgan fingerprint density at radius 3 is 2.58 bits per heavy atom. The SMILES string of the molecule is COc1ccccc1N(CC(=O)NCCC(C)C)S(=O)(=O)c1cccs1. The number of nitrogens with zero attached hydrogens (tertiary/aromatic N) is 1. The number of rotatable bonds is 9. The summed E-state index contributed by atoms with van der Waals surface area (Å²) in [5, 5.41) is 4.48. The Balaban J connectivity index is 2.32. The number of nitrogens with one attached hydrogen (secondary N) is 1. The van der Waals surface area contributed by atoms with E-state index < -0.39 is 10.0 Å². The quantitative estimate of drug-likeness (QED) is 0.707. The van der Waals surface area contributed by atoms with E-state index in [4.69, 9.17) is 4.74 Å². The third kappa shape index (κ3) is 4.98. The maximum absolute atomic E-state index is 13.1. The molecule has 1 N–H and O–H groups in total. The highest BCUT2D eigenvalue weighted by Crippen LogP contribution is 2.33. The molecule has 0 saturated carbocycles. The number of sulfonamides is 1. The van der Waals surface area contributed by atoms with Crippen LogP contribution in [-0.2, 0) is 14.8 Å². The van der Waals surface area contributed by atoms with Gasteiger partial charge < -0.3 is 10.1 Å². The van der Waals surface area contributed by atoms with Crippen LogP contribution in [0.15, 0.2) is 46.0 Å². The van der Waals surface area contributed by atoms with Crippen LogP contribution in [0.3, 0.4) is 0 Å². The van der Waals surface area contributed by atoms with Crippen molar-refractivity contribution in [3.63, 3.8) is 0 Å². The molecule has 6 nitrogen and oxygen atoms in total. The minimum Gasteiger partial charge on any atom is -0.495 e. The largest absolute Gasteiger partial charge is 0.495 e. The van der Waals surface area contributed by atoms with Crippen molar-refractivity contribution in [3.8, 4) is 5.75 Å². The Bertz CT molecular complexity index is 817. The van der Waals surface area contributed by atoms with Gasteiger partial charge >= 0.3 is 0 Å². The van der Waals surface area contributed by atoms with Crippen molar-refractivity contribution in [1.29, 1.82) is 0 Å². The first kappa shape index (κ1) is 20.3. The number of ether oxygens (including phenoxy) is 1. The first-order valence-electron chi connectivity index (χ1n) is 8.32. The van der Waals surface area contributed by atoms with Gasteiger partial charge in [-0.05, 0) is 35.9 Å². The minimum atomic E-state index is -3.87. The number of amides is 1. The van der Waals surface area contributed by atoms with Gasteiger partial charge in [-0.1, -0.05) is 32.0 Å². The van der Waals surface area contributed by atoms with Gasteiger partial charge in [0.2, 0.25) is 5.91 Å². The van der Waals surface area contributed by atoms with Crippen LogP contribution in [0.5, 0.6) is 5.75 Å². The molecule has 0 spiro atoms. The van der Waals surface area contributed by atoms with Crippen LogP contribution in [0.4, 0.5) is 5.69 Å². The van der Waals surface area contributed by atoms with Crippen LogP contribution < -0.4 is 14.4 Å². The molecule has 26 heavy (non-hydrogen) atoms. The Labute approximate surface area is 158 Å². The number of carbonyl (C=O) groups excluding carboxylic acids is 1. The number of carbonyl (C=O) groups is 1. The molecule has 1 aromatic carbocycles. The highest BCUT2D eigenvalue weighted by molar-refractivity contribution is 7.94. The number of thiophene rings is 1. The number of para-hydroxylation sites is 2. The fourth-order valence-corrected chi connectivity index (χ4v) is 4.88. The molecular weight excluding hydrogens is 372 g/mol. The summed E-state index contributed by atoms with van der Waals surface area (Å²) < 4.78 is 32.7. The summed E-state index contributed by atoms with van der Waals surface area (Å²) in [5.74, 6) is 0.495. The fourth-order valence-electron chi connectivity index (χ4n) is 2.34. The van der Waals surface area contributed by atoms with E-state index in [0.29, 0.717) is 23.9 Å². The third-order valence-electron chi connectivity index (χ3n) is 3.72. The zero-order chi connectivity index (χ0) is 19.2. The van der Waals surface area contributed by atoms with Gasteiger partial charge in [-0.25, -0.2) is 8.42 Å². The monoisotopic (exact) mass is 396 g/mol. The lowest BCUT2D eigenvalue weighted by Crippen LogP contribution is -2.41. The molecule has 1 amide bonds. The summed E-state index contributed by atoms with van der Waals surface area (Å²) in [7, 11) is -2.40. The van der Waals surface area contributed by atoms with E-state index in [9.17, 15) is 13.2 Å². The van der Waals surface area contributed by atoms with Gasteiger partial charge in [0.25, 0.3) is 10.0 Å². The molecule has 0 atom stereocenters. The lowest BCUT2D eigenvalue weighted by Gasteiger charge is -2.25. The molecule has 0 fully saturated rings. The van der Waals surface area contributed by atoms with Crippen LogP contribution >= 0.6 is 11.3 Å². The Kier molecular flexibility index (Phi) is 7.05. The maximum Gasteiger partial charge on any atom is 0.274 e. The van der Waals surface area contributed by atoms with E-state index in [1.807, 2.05) is 0 Å². The van der Waals surface area contributed by atoms with Crippen LogP contribution in [-0.4, -0.2) is 34.5 Å². The topological polar surface area (TPSA) is 75.7 Å². The summed E-state index contributed by atoms with van der Waals surface area (Å²) in [6.07, 6.45) is 0.831. The van der Waals surface area contributed by atoms with Crippen molar-refractivity contribution in [1.82, 2.24) is 5.32 Å². The lowest BCUT2D eigenvalue weighted by atomic mass is 10.1. The average molecular weight is 397 g/mol. The summed E-state index contributed by atoms with van der Waals surface area (Å²) >= 11 is 1.11. The second kappa shape index (κ2) is 9.05. The van der Waals surface area contributed by atoms with Gasteiger partial charge in [-0.3, -0.25) is 9.10 Å². The van der Waals surface area contributed by atoms with Crippen LogP contribution in [0.2, 0.25) is 0 Å². The second-order valence-corrected chi connectivity index (χ2v) is 9.18. The first-order chi connectivity index (χ1) is 12.4. The molecule has 0 aliphatic heterocycles. The van der Waals surface area contributed by atoms with Crippen molar-refractivity contribution < 1.29 is 17.9 Å². The highest BCUT2D eigenvalue weighted by atomic mass is 32.2. The van der Waals surface area contributed by atoms with E-state index in [1.165, 1.54) is 13.2 Å². The molecule has 1 aromatic heterocycles. The highest BCUT2D eigenvalue weighted by Gasteiger charge is 2.29. The van der Waals surface area contributed by atoms with Crippen LogP contribution in [0.1, 0.15) is 20.3 Å². The molecule has 2 rings (SSSR count). The Morgan fingerprint density at radius 2 is 1.96 bits per heavy atom. The zero-order valence-corrected chi connectivity index (χ0v) is 16.8. The van der Waals surface area contributed by atoms with Crippen molar-refractivity contribution in [2.45, 2.75) is 24.5 Å². The van der Waals surface area contributed by atoms with Gasteiger partial charge in [0.05, 0.1) is 12.8 Å². The standard InChI is InChI=1S/C18H24N2O4S2/c1-14(2)10-11-19-17(21)13-20(15-7-4-5-8-16(15)24-3)26(22,23)18-9-6-12-25-18/h4-9,12,14H,10-11,13H2,1-3H3,(H,19,21). The molecule has 0 unspecified atom stereocenters. The molecule has 8 heteroatoms. The van der Waals surface area contributed by atoms with Gasteiger partial charge in [-0.2, -0.15) is 0 Å². The summed E-state index contributed by atoms with van der Waals surface area (Å²) in [6, 6.07) is 9.96. The molecule has 0 bridgehead atoms. The van der Waals surface area contributed by atoms with E-state index in [-0.39, 0.29) is 16.7 Å². The van der Waals surface area contributed by atoms with Gasteiger partial charge in [0, 0.05) is 6.54 Å². The van der Waals surface area contributed by atoms with Crippen molar-refractivity contribution >= 4 is 33.0 Å². The second-order valence-electron chi connectivity index (χ2n) is 6.15. The minimum absolute atomic E-state index is 0.179. The molecule has 0 saturated heterocycles. The van der Waals surface area contributed by atoms with Gasteiger partial charge in [-0.15, -0.1) is 11.3 Å². The van der Waals surface area contributed by atoms with Crippen LogP contribution in [0, 0.1) is 5.92 Å². The lowest BCUT2D eigenvalue weighted by molar-refractivity contribution is -0.119. The van der Waals surface area contributed by atoms with E-state index in [0.717, 1.165) is 22.1 Å². The van der Waals surface area contributed by atoms with Crippen molar-refractivity contribution in [2.24, 2.45) is 5.92 Å². The number of methoxy groups -OCH3 is 1. The van der Waals surface area contributed by atoms with Crippen LogP contribution in [0.25, 0.3) is 0 Å². The van der Waals surface area contributed by atoms with Crippen molar-refractivity contribution in [3.05, 3.63) is 41.8 Å². The Hall–Kier alpha value is -2.06. The van der Waals surface area contributed by atoms with Gasteiger partial charge in [0.15, 0.2) is 0 Å². The van der Waals surface area contributed by atoms with Gasteiger partial charge in [0.1, 0.15) is 16.5 Å². The summed E-state index contributed by atoms with van der Waals surface area (Å²) in [6.45, 7) is 4.33. The third-order valence-corrected chi connectivity index (χ3v) is 6.86. The number of hydrogen-bond acceptors (Lipinski definition) is 5. The molecule has 0 aliphatic carbocycles. The molecule has 2 aromatic rings. The van der Waals surface area contributed by atoms with E-state index in [1.54, 1.807) is 35.7 Å². The molecule has 142 valence electrons. The molecular formula is C18H24N2O4S2. The summed E-state index contributed by atoms with van der Waals surface area (Å²) in [4.78, 5) is 12.4. The zero-order valence-electron chi connectivity index (χ0n) is 15.1.